The summed E-state index contributed by atoms with van der Waals surface area (Å²) in [6, 6.07) is 15.1. The van der Waals surface area contributed by atoms with Gasteiger partial charge in [0.05, 0.1) is 17.8 Å². The Labute approximate surface area is 125 Å². The number of carbonyl (C=O) groups excluding carboxylic acids is 1. The van der Waals surface area contributed by atoms with E-state index in [4.69, 9.17) is 6.42 Å². The molecule has 0 aliphatic rings. The van der Waals surface area contributed by atoms with Crippen LogP contribution in [0, 0.1) is 19.3 Å². The summed E-state index contributed by atoms with van der Waals surface area (Å²) in [5.74, 6) is 2.44. The average molecular weight is 278 g/mol. The van der Waals surface area contributed by atoms with Crippen molar-refractivity contribution >= 4 is 17.3 Å². The molecular formula is C18H18N2O. The van der Waals surface area contributed by atoms with E-state index >= 15 is 0 Å². The van der Waals surface area contributed by atoms with Gasteiger partial charge in [0.25, 0.3) is 5.91 Å². The number of nitrogens with zero attached hydrogens (tertiary/aromatic N) is 1. The van der Waals surface area contributed by atoms with Gasteiger partial charge in [0.1, 0.15) is 0 Å². The zero-order valence-corrected chi connectivity index (χ0v) is 12.3. The zero-order chi connectivity index (χ0) is 15.2. The average Bonchev–Trinajstić information content (AvgIpc) is 2.50. The van der Waals surface area contributed by atoms with E-state index < -0.39 is 0 Å². The van der Waals surface area contributed by atoms with Crippen molar-refractivity contribution in [2.45, 2.75) is 6.92 Å². The number of anilines is 2. The predicted octanol–water partition coefficient (Wildman–Crippen LogP) is 3.32. The smallest absolute Gasteiger partial charge is 0.257 e. The first-order chi connectivity index (χ1) is 10.1. The highest BCUT2D eigenvalue weighted by Gasteiger charge is 2.13. The van der Waals surface area contributed by atoms with E-state index in [1.54, 1.807) is 6.07 Å². The lowest BCUT2D eigenvalue weighted by atomic mass is 10.1. The van der Waals surface area contributed by atoms with Crippen molar-refractivity contribution in [1.82, 2.24) is 0 Å². The molecule has 106 valence electrons. The number of rotatable bonds is 4. The molecule has 0 radical (unpaired) electrons. The monoisotopic (exact) mass is 278 g/mol. The Balaban J connectivity index is 2.23. The van der Waals surface area contributed by atoms with Gasteiger partial charge in [-0.15, -0.1) is 6.42 Å². The normalized spacial score (nSPS) is 9.76. The Morgan fingerprint density at radius 2 is 1.86 bits per heavy atom. The van der Waals surface area contributed by atoms with Crippen molar-refractivity contribution in [3.8, 4) is 12.3 Å². The largest absolute Gasteiger partial charge is 0.363 e. The summed E-state index contributed by atoms with van der Waals surface area (Å²) in [4.78, 5) is 14.3. The molecule has 3 heteroatoms. The third kappa shape index (κ3) is 3.64. The number of benzene rings is 2. The van der Waals surface area contributed by atoms with Crippen molar-refractivity contribution in [1.29, 1.82) is 0 Å². The molecule has 21 heavy (non-hydrogen) atoms. The molecule has 2 rings (SSSR count). The maximum absolute atomic E-state index is 12.4. The number of carbonyl (C=O) groups is 1. The number of hydrogen-bond donors (Lipinski definition) is 1. The second kappa shape index (κ2) is 6.62. The molecule has 0 aliphatic heterocycles. The highest BCUT2D eigenvalue weighted by atomic mass is 16.1. The first-order valence-electron chi connectivity index (χ1n) is 6.73. The maximum atomic E-state index is 12.4. The molecule has 0 saturated carbocycles. The predicted molar refractivity (Wildman–Crippen MR) is 87.7 cm³/mol. The lowest BCUT2D eigenvalue weighted by Gasteiger charge is -2.19. The molecule has 2 aromatic rings. The highest BCUT2D eigenvalue weighted by molar-refractivity contribution is 6.08. The zero-order valence-electron chi connectivity index (χ0n) is 12.3. The number of para-hydroxylation sites is 1. The van der Waals surface area contributed by atoms with Crippen molar-refractivity contribution in [3.63, 3.8) is 0 Å². The van der Waals surface area contributed by atoms with E-state index in [0.717, 1.165) is 16.9 Å². The standard InChI is InChI=1S/C18H18N2O/c1-4-13-20(3)17-8-6-5-7-16(17)18(21)19-15-11-9-14(2)10-12-15/h1,5-12H,13H2,2-3H3,(H,19,21). The molecular weight excluding hydrogens is 260 g/mol. The summed E-state index contributed by atoms with van der Waals surface area (Å²) in [6.45, 7) is 2.46. The number of nitrogens with one attached hydrogen (secondary N) is 1. The van der Waals surface area contributed by atoms with Gasteiger partial charge >= 0.3 is 0 Å². The first kappa shape index (κ1) is 14.7. The third-order valence-electron chi connectivity index (χ3n) is 3.20. The van der Waals surface area contributed by atoms with Gasteiger partial charge < -0.3 is 10.2 Å². The Bertz CT molecular complexity index is 668. The summed E-state index contributed by atoms with van der Waals surface area (Å²) in [6.07, 6.45) is 5.34. The number of terminal acetylenes is 1. The van der Waals surface area contributed by atoms with Crippen LogP contribution in [0.3, 0.4) is 0 Å². The molecule has 1 N–H and O–H groups in total. The lowest BCUT2D eigenvalue weighted by Crippen LogP contribution is -2.22. The van der Waals surface area contributed by atoms with Gasteiger partial charge in [-0.1, -0.05) is 35.7 Å². The number of hydrogen-bond acceptors (Lipinski definition) is 2. The molecule has 0 heterocycles. The summed E-state index contributed by atoms with van der Waals surface area (Å²) < 4.78 is 0. The summed E-state index contributed by atoms with van der Waals surface area (Å²) >= 11 is 0. The van der Waals surface area contributed by atoms with Crippen LogP contribution in [0.4, 0.5) is 11.4 Å². The van der Waals surface area contributed by atoms with Crippen LogP contribution in [0.25, 0.3) is 0 Å². The second-order valence-electron chi connectivity index (χ2n) is 4.90. The fourth-order valence-corrected chi connectivity index (χ4v) is 2.06. The van der Waals surface area contributed by atoms with E-state index in [0.29, 0.717) is 12.1 Å². The molecule has 0 bridgehead atoms. The minimum atomic E-state index is -0.140. The van der Waals surface area contributed by atoms with Gasteiger partial charge in [-0.3, -0.25) is 4.79 Å². The maximum Gasteiger partial charge on any atom is 0.257 e. The minimum Gasteiger partial charge on any atom is -0.363 e. The molecule has 0 aliphatic carbocycles. The molecule has 0 fully saturated rings. The SMILES string of the molecule is C#CCN(C)c1ccccc1C(=O)Nc1ccc(C)cc1. The van der Waals surface area contributed by atoms with Crippen LogP contribution < -0.4 is 10.2 Å². The summed E-state index contributed by atoms with van der Waals surface area (Å²) in [5.41, 5.74) is 3.36. The quantitative estimate of drug-likeness (QED) is 0.870. The van der Waals surface area contributed by atoms with Crippen molar-refractivity contribution in [3.05, 3.63) is 59.7 Å². The van der Waals surface area contributed by atoms with Gasteiger partial charge in [-0.2, -0.15) is 0 Å². The van der Waals surface area contributed by atoms with E-state index in [2.05, 4.69) is 11.2 Å². The molecule has 0 unspecified atom stereocenters. The van der Waals surface area contributed by atoms with Crippen molar-refractivity contribution < 1.29 is 4.79 Å². The molecule has 0 atom stereocenters. The Morgan fingerprint density at radius 3 is 2.52 bits per heavy atom. The fraction of sp³-hybridized carbons (Fsp3) is 0.167. The van der Waals surface area contributed by atoms with E-state index in [1.165, 1.54) is 0 Å². The third-order valence-corrected chi connectivity index (χ3v) is 3.20. The topological polar surface area (TPSA) is 32.3 Å². The second-order valence-corrected chi connectivity index (χ2v) is 4.90. The number of amides is 1. The molecule has 0 aromatic heterocycles. The summed E-state index contributed by atoms with van der Waals surface area (Å²) in [7, 11) is 1.87. The lowest BCUT2D eigenvalue weighted by molar-refractivity contribution is 0.102. The molecule has 0 saturated heterocycles. The van der Waals surface area contributed by atoms with Crippen molar-refractivity contribution in [2.75, 3.05) is 23.8 Å². The Kier molecular flexibility index (Phi) is 4.63. The molecule has 1 amide bonds. The molecule has 2 aromatic carbocycles. The molecule has 0 spiro atoms. The molecule has 3 nitrogen and oxygen atoms in total. The van der Waals surface area contributed by atoms with Gasteiger partial charge in [0, 0.05) is 12.7 Å². The van der Waals surface area contributed by atoms with Crippen LogP contribution >= 0.6 is 0 Å². The fourth-order valence-electron chi connectivity index (χ4n) is 2.06. The van der Waals surface area contributed by atoms with Crippen LogP contribution in [0.1, 0.15) is 15.9 Å². The van der Waals surface area contributed by atoms with Crippen LogP contribution in [0.15, 0.2) is 48.5 Å². The van der Waals surface area contributed by atoms with E-state index in [1.807, 2.05) is 61.3 Å². The van der Waals surface area contributed by atoms with Crippen LogP contribution in [-0.4, -0.2) is 19.5 Å². The Hall–Kier alpha value is -2.73. The first-order valence-corrected chi connectivity index (χ1v) is 6.73. The number of aryl methyl sites for hydroxylation is 1. The summed E-state index contributed by atoms with van der Waals surface area (Å²) in [5, 5.41) is 2.91. The van der Waals surface area contributed by atoms with E-state index in [9.17, 15) is 4.79 Å². The van der Waals surface area contributed by atoms with Gasteiger partial charge in [0.2, 0.25) is 0 Å². The minimum absolute atomic E-state index is 0.140. The van der Waals surface area contributed by atoms with Crippen molar-refractivity contribution in [2.24, 2.45) is 0 Å². The van der Waals surface area contributed by atoms with Crippen LogP contribution in [-0.2, 0) is 0 Å². The van der Waals surface area contributed by atoms with Gasteiger partial charge in [-0.25, -0.2) is 0 Å². The highest BCUT2D eigenvalue weighted by Crippen LogP contribution is 2.20. The van der Waals surface area contributed by atoms with Gasteiger partial charge in [-0.05, 0) is 31.2 Å². The van der Waals surface area contributed by atoms with Gasteiger partial charge in [0.15, 0.2) is 0 Å². The van der Waals surface area contributed by atoms with Crippen LogP contribution in [0.5, 0.6) is 0 Å². The van der Waals surface area contributed by atoms with Crippen LogP contribution in [0.2, 0.25) is 0 Å². The van der Waals surface area contributed by atoms with E-state index in [-0.39, 0.29) is 5.91 Å². The Morgan fingerprint density at radius 1 is 1.19 bits per heavy atom.